The lowest BCUT2D eigenvalue weighted by molar-refractivity contribution is -0.132. The van der Waals surface area contributed by atoms with E-state index in [4.69, 9.17) is 18.9 Å². The highest BCUT2D eigenvalue weighted by molar-refractivity contribution is 5.77. The van der Waals surface area contributed by atoms with Crippen LogP contribution in [0.5, 0.6) is 23.0 Å². The van der Waals surface area contributed by atoms with Crippen molar-refractivity contribution >= 4 is 5.91 Å². The van der Waals surface area contributed by atoms with Gasteiger partial charge in [0.05, 0.1) is 40.4 Å². The van der Waals surface area contributed by atoms with Crippen LogP contribution in [-0.2, 0) is 4.79 Å². The lowest BCUT2D eigenvalue weighted by Crippen LogP contribution is -2.31. The summed E-state index contributed by atoms with van der Waals surface area (Å²) in [6, 6.07) is 13.1. The molecule has 3 rings (SSSR count). The number of methoxy groups -OCH3 is 3. The highest BCUT2D eigenvalue weighted by Crippen LogP contribution is 2.39. The van der Waals surface area contributed by atoms with Gasteiger partial charge in [0.15, 0.2) is 0 Å². The van der Waals surface area contributed by atoms with Crippen LogP contribution in [0.3, 0.4) is 0 Å². The van der Waals surface area contributed by atoms with E-state index in [2.05, 4.69) is 0 Å². The highest BCUT2D eigenvalue weighted by Gasteiger charge is 2.31. The van der Waals surface area contributed by atoms with E-state index in [-0.39, 0.29) is 11.9 Å². The summed E-state index contributed by atoms with van der Waals surface area (Å²) in [5.74, 6) is 3.12. The number of benzene rings is 2. The van der Waals surface area contributed by atoms with Gasteiger partial charge < -0.3 is 23.8 Å². The van der Waals surface area contributed by atoms with Crippen molar-refractivity contribution < 1.29 is 23.7 Å². The topological polar surface area (TPSA) is 57.2 Å². The second-order valence-electron chi connectivity index (χ2n) is 6.63. The van der Waals surface area contributed by atoms with Crippen LogP contribution in [0.15, 0.2) is 42.5 Å². The molecule has 0 radical (unpaired) electrons. The molecule has 0 aliphatic carbocycles. The van der Waals surface area contributed by atoms with E-state index in [1.165, 1.54) is 0 Å². The van der Waals surface area contributed by atoms with E-state index in [1.807, 2.05) is 47.4 Å². The summed E-state index contributed by atoms with van der Waals surface area (Å²) in [6.45, 7) is 1.08. The zero-order chi connectivity index (χ0) is 19.9. The summed E-state index contributed by atoms with van der Waals surface area (Å²) in [7, 11) is 4.91. The third-order valence-electron chi connectivity index (χ3n) is 5.01. The van der Waals surface area contributed by atoms with Gasteiger partial charge in [-0.15, -0.1) is 0 Å². The third-order valence-corrected chi connectivity index (χ3v) is 5.01. The number of hydrogen-bond donors (Lipinski definition) is 0. The number of rotatable bonds is 8. The van der Waals surface area contributed by atoms with Crippen molar-refractivity contribution in [2.45, 2.75) is 25.3 Å². The summed E-state index contributed by atoms with van der Waals surface area (Å²) in [4.78, 5) is 14.8. The Balaban J connectivity index is 1.63. The zero-order valence-corrected chi connectivity index (χ0v) is 16.6. The molecule has 0 spiro atoms. The Hall–Kier alpha value is -2.89. The van der Waals surface area contributed by atoms with Crippen molar-refractivity contribution in [3.05, 3.63) is 48.0 Å². The van der Waals surface area contributed by atoms with Gasteiger partial charge in [-0.1, -0.05) is 0 Å². The summed E-state index contributed by atoms with van der Waals surface area (Å²) in [6.07, 6.45) is 2.21. The first-order valence-corrected chi connectivity index (χ1v) is 9.44. The van der Waals surface area contributed by atoms with Crippen molar-refractivity contribution in [3.8, 4) is 23.0 Å². The number of amides is 1. The van der Waals surface area contributed by atoms with Gasteiger partial charge in [0.2, 0.25) is 5.91 Å². The Bertz CT molecular complexity index is 790. The second-order valence-corrected chi connectivity index (χ2v) is 6.63. The molecule has 0 bridgehead atoms. The van der Waals surface area contributed by atoms with Gasteiger partial charge in [0.1, 0.15) is 23.0 Å². The van der Waals surface area contributed by atoms with Gasteiger partial charge in [0.25, 0.3) is 0 Å². The van der Waals surface area contributed by atoms with E-state index < -0.39 is 0 Å². The van der Waals surface area contributed by atoms with Crippen LogP contribution in [0.25, 0.3) is 0 Å². The average Bonchev–Trinajstić information content (AvgIpc) is 3.23. The number of ether oxygens (including phenoxy) is 4. The van der Waals surface area contributed by atoms with E-state index in [0.29, 0.717) is 13.0 Å². The molecule has 1 aliphatic heterocycles. The van der Waals surface area contributed by atoms with E-state index in [9.17, 15) is 4.79 Å². The highest BCUT2D eigenvalue weighted by atomic mass is 16.5. The number of hydrogen-bond acceptors (Lipinski definition) is 5. The van der Waals surface area contributed by atoms with E-state index in [0.717, 1.165) is 47.9 Å². The first kappa shape index (κ1) is 19.9. The van der Waals surface area contributed by atoms with Crippen molar-refractivity contribution in [1.29, 1.82) is 0 Å². The van der Waals surface area contributed by atoms with Crippen LogP contribution in [0.4, 0.5) is 0 Å². The number of carbonyl (C=O) groups is 1. The third kappa shape index (κ3) is 4.50. The van der Waals surface area contributed by atoms with Crippen molar-refractivity contribution in [1.82, 2.24) is 4.90 Å². The quantitative estimate of drug-likeness (QED) is 0.691. The van der Waals surface area contributed by atoms with Crippen molar-refractivity contribution in [2.75, 3.05) is 34.5 Å². The van der Waals surface area contributed by atoms with Crippen molar-refractivity contribution in [3.63, 3.8) is 0 Å². The first-order valence-electron chi connectivity index (χ1n) is 9.44. The summed E-state index contributed by atoms with van der Waals surface area (Å²) in [5.41, 5.74) is 0.990. The van der Waals surface area contributed by atoms with Gasteiger partial charge in [-0.2, -0.15) is 0 Å². The molecule has 1 fully saturated rings. The Labute approximate surface area is 166 Å². The molecule has 0 unspecified atom stereocenters. The Morgan fingerprint density at radius 3 is 2.32 bits per heavy atom. The van der Waals surface area contributed by atoms with Crippen LogP contribution < -0.4 is 18.9 Å². The Morgan fingerprint density at radius 1 is 0.964 bits per heavy atom. The van der Waals surface area contributed by atoms with Gasteiger partial charge in [-0.05, 0) is 55.3 Å². The average molecular weight is 385 g/mol. The number of nitrogens with zero attached hydrogens (tertiary/aromatic N) is 1. The predicted octanol–water partition coefficient (Wildman–Crippen LogP) is 3.85. The van der Waals surface area contributed by atoms with Gasteiger partial charge in [0, 0.05) is 12.1 Å². The maximum atomic E-state index is 12.8. The maximum Gasteiger partial charge on any atom is 0.226 e. The van der Waals surface area contributed by atoms with Gasteiger partial charge in [-0.3, -0.25) is 4.79 Å². The minimum atomic E-state index is -0.00136. The van der Waals surface area contributed by atoms with E-state index in [1.54, 1.807) is 21.3 Å². The van der Waals surface area contributed by atoms with Crippen molar-refractivity contribution in [2.24, 2.45) is 0 Å². The number of likely N-dealkylation sites (tertiary alicyclic amines) is 1. The lowest BCUT2D eigenvalue weighted by Gasteiger charge is -2.26. The molecule has 2 aromatic rings. The molecule has 0 aromatic heterocycles. The molecule has 1 aliphatic rings. The monoisotopic (exact) mass is 385 g/mol. The van der Waals surface area contributed by atoms with Crippen LogP contribution in [-0.4, -0.2) is 45.3 Å². The molecule has 0 N–H and O–H groups in total. The first-order chi connectivity index (χ1) is 13.7. The zero-order valence-electron chi connectivity index (χ0n) is 16.6. The molecular weight excluding hydrogens is 358 g/mol. The fraction of sp³-hybridized carbons (Fsp3) is 0.409. The smallest absolute Gasteiger partial charge is 0.226 e. The molecular formula is C22H27NO5. The summed E-state index contributed by atoms with van der Waals surface area (Å²) in [5, 5.41) is 0. The Kier molecular flexibility index (Phi) is 6.63. The molecule has 2 aromatic carbocycles. The molecule has 28 heavy (non-hydrogen) atoms. The fourth-order valence-electron chi connectivity index (χ4n) is 3.56. The molecule has 0 saturated carbocycles. The summed E-state index contributed by atoms with van der Waals surface area (Å²) < 4.78 is 21.7. The van der Waals surface area contributed by atoms with Crippen LogP contribution in [0.1, 0.15) is 30.9 Å². The van der Waals surface area contributed by atoms with Crippen LogP contribution in [0.2, 0.25) is 0 Å². The molecule has 1 atom stereocenters. The van der Waals surface area contributed by atoms with Gasteiger partial charge >= 0.3 is 0 Å². The second kappa shape index (κ2) is 9.35. The SMILES string of the molecule is COc1ccc(OCCC(=O)N2CCC[C@@H]2c2cc(OC)ccc2OC)cc1. The van der Waals surface area contributed by atoms with Crippen LogP contribution in [0, 0.1) is 0 Å². The minimum absolute atomic E-state index is 0.00136. The molecule has 6 nitrogen and oxygen atoms in total. The van der Waals surface area contributed by atoms with E-state index >= 15 is 0 Å². The largest absolute Gasteiger partial charge is 0.497 e. The minimum Gasteiger partial charge on any atom is -0.497 e. The molecule has 1 amide bonds. The fourth-order valence-corrected chi connectivity index (χ4v) is 3.56. The maximum absolute atomic E-state index is 12.8. The normalized spacial score (nSPS) is 16.0. The Morgan fingerprint density at radius 2 is 1.64 bits per heavy atom. The molecule has 150 valence electrons. The van der Waals surface area contributed by atoms with Crippen LogP contribution >= 0.6 is 0 Å². The number of carbonyl (C=O) groups excluding carboxylic acids is 1. The molecule has 1 heterocycles. The lowest BCUT2D eigenvalue weighted by atomic mass is 10.0. The molecule has 1 saturated heterocycles. The summed E-state index contributed by atoms with van der Waals surface area (Å²) >= 11 is 0. The standard InChI is InChI=1S/C22H27NO5/c1-25-16-6-8-17(9-7-16)28-14-12-22(24)23-13-4-5-20(23)19-15-18(26-2)10-11-21(19)27-3/h6-11,15,20H,4-5,12-14H2,1-3H3/t20-/m1/s1. The van der Waals surface area contributed by atoms with Gasteiger partial charge in [-0.25, -0.2) is 0 Å². The predicted molar refractivity (Wildman–Crippen MR) is 106 cm³/mol. The molecule has 6 heteroatoms.